The van der Waals surface area contributed by atoms with Gasteiger partial charge >= 0.3 is 0 Å². The normalized spacial score (nSPS) is 12.4. The number of nitro benzene ring substituents is 1. The summed E-state index contributed by atoms with van der Waals surface area (Å²) in [6.45, 7) is 0. The first-order valence-electron chi connectivity index (χ1n) is 11.2. The van der Waals surface area contributed by atoms with E-state index in [9.17, 15) is 46.3 Å². The molecule has 0 aliphatic rings. The zero-order valence-electron chi connectivity index (χ0n) is 21.2. The Labute approximate surface area is 249 Å². The smallest absolute Gasteiger partial charge is 0.296 e. The standard InChI is InChI=1S/C22H16N6O13S3/c23-11-1-6-16(43(34,35)36)14(9-11)25-26-19-15(42-41-40-33)7-10-8-17(44(37,38)39)20(22(30)18(10)21(19)29)27-24-12-2-4-13(5-3-12)28(31)32/h1-9,29-30,33H,23H2,(H,34,35,36)(H,37,38,39). The van der Waals surface area contributed by atoms with Crippen molar-refractivity contribution in [3.8, 4) is 11.5 Å². The Morgan fingerprint density at radius 1 is 0.818 bits per heavy atom. The van der Waals surface area contributed by atoms with Crippen LogP contribution in [-0.2, 0) is 29.6 Å². The number of hydrogen-bond donors (Lipinski definition) is 6. The predicted molar refractivity (Wildman–Crippen MR) is 150 cm³/mol. The maximum Gasteiger partial charge on any atom is 0.296 e. The summed E-state index contributed by atoms with van der Waals surface area (Å²) in [6.07, 6.45) is 0. The molecule has 0 radical (unpaired) electrons. The number of azo groups is 2. The zero-order chi connectivity index (χ0) is 32.4. The highest BCUT2D eigenvalue weighted by Gasteiger charge is 2.27. The summed E-state index contributed by atoms with van der Waals surface area (Å²) in [6, 6.07) is 9.41. The molecule has 4 rings (SSSR count). The summed E-state index contributed by atoms with van der Waals surface area (Å²) in [5, 5.41) is 59.3. The van der Waals surface area contributed by atoms with Crippen LogP contribution in [0, 0.1) is 10.1 Å². The number of nitro groups is 1. The van der Waals surface area contributed by atoms with Crippen molar-refractivity contribution in [2.45, 2.75) is 14.7 Å². The molecule has 0 bridgehead atoms. The van der Waals surface area contributed by atoms with Crippen LogP contribution < -0.4 is 5.73 Å². The van der Waals surface area contributed by atoms with Crippen LogP contribution >= 0.6 is 12.0 Å². The topological polar surface area (TPSA) is 306 Å². The molecule has 0 aromatic heterocycles. The molecular weight excluding hydrogens is 652 g/mol. The van der Waals surface area contributed by atoms with Crippen molar-refractivity contribution in [1.29, 1.82) is 0 Å². The number of fused-ring (bicyclic) bond motifs is 1. The van der Waals surface area contributed by atoms with E-state index in [-0.39, 0.29) is 39.4 Å². The van der Waals surface area contributed by atoms with Gasteiger partial charge in [-0.05, 0) is 47.9 Å². The third-order valence-corrected chi connectivity index (χ3v) is 7.92. The molecule has 4 aromatic rings. The van der Waals surface area contributed by atoms with Crippen molar-refractivity contribution in [3.63, 3.8) is 0 Å². The van der Waals surface area contributed by atoms with Gasteiger partial charge in [0.05, 0.1) is 32.9 Å². The van der Waals surface area contributed by atoms with Gasteiger partial charge in [0, 0.05) is 17.8 Å². The highest BCUT2D eigenvalue weighted by molar-refractivity contribution is 7.94. The Balaban J connectivity index is 1.96. The fourth-order valence-electron chi connectivity index (χ4n) is 3.65. The molecule has 0 atom stereocenters. The van der Waals surface area contributed by atoms with Gasteiger partial charge in [0.25, 0.3) is 25.9 Å². The van der Waals surface area contributed by atoms with Gasteiger partial charge < -0.3 is 15.9 Å². The minimum Gasteiger partial charge on any atom is -0.505 e. The van der Waals surface area contributed by atoms with E-state index >= 15 is 0 Å². The van der Waals surface area contributed by atoms with Crippen LogP contribution in [-0.4, -0.2) is 46.3 Å². The van der Waals surface area contributed by atoms with E-state index in [1.807, 2.05) is 0 Å². The Bertz CT molecular complexity index is 2070. The fraction of sp³-hybridized carbons (Fsp3) is 0. The van der Waals surface area contributed by atoms with Crippen molar-refractivity contribution in [1.82, 2.24) is 0 Å². The van der Waals surface area contributed by atoms with Crippen molar-refractivity contribution < 1.29 is 55.7 Å². The molecule has 0 aliphatic carbocycles. The molecule has 230 valence electrons. The molecule has 0 fully saturated rings. The molecule has 22 heteroatoms. The maximum atomic E-state index is 12.2. The van der Waals surface area contributed by atoms with Gasteiger partial charge in [-0.25, -0.2) is 5.26 Å². The largest absolute Gasteiger partial charge is 0.505 e. The molecule has 0 heterocycles. The molecule has 0 unspecified atom stereocenters. The summed E-state index contributed by atoms with van der Waals surface area (Å²) in [4.78, 5) is 8.24. The molecule has 19 nitrogen and oxygen atoms in total. The van der Waals surface area contributed by atoms with Crippen LogP contribution in [0.4, 0.5) is 34.1 Å². The Morgan fingerprint density at radius 3 is 2.02 bits per heavy atom. The third kappa shape index (κ3) is 6.87. The Hall–Kier alpha value is -4.81. The number of aromatic hydroxyl groups is 2. The summed E-state index contributed by atoms with van der Waals surface area (Å²) in [7, 11) is -9.94. The number of non-ortho nitro benzene ring substituents is 1. The van der Waals surface area contributed by atoms with E-state index in [1.54, 1.807) is 0 Å². The highest BCUT2D eigenvalue weighted by Crippen LogP contribution is 2.51. The lowest BCUT2D eigenvalue weighted by Crippen LogP contribution is -1.99. The second-order valence-corrected chi connectivity index (χ2v) is 11.8. The van der Waals surface area contributed by atoms with Crippen molar-refractivity contribution in [2.75, 3.05) is 5.73 Å². The van der Waals surface area contributed by atoms with Gasteiger partial charge in [-0.2, -0.15) is 21.9 Å². The Morgan fingerprint density at radius 2 is 1.43 bits per heavy atom. The minimum absolute atomic E-state index is 0.0131. The number of rotatable bonds is 10. The van der Waals surface area contributed by atoms with Crippen LogP contribution in [0.5, 0.6) is 11.5 Å². The van der Waals surface area contributed by atoms with E-state index in [0.717, 1.165) is 54.6 Å². The van der Waals surface area contributed by atoms with Crippen molar-refractivity contribution >= 4 is 77.2 Å². The monoisotopic (exact) mass is 668 g/mol. The highest BCUT2D eigenvalue weighted by atomic mass is 32.2. The molecule has 44 heavy (non-hydrogen) atoms. The number of phenols is 2. The SMILES string of the molecule is Nc1ccc(S(=O)(=O)O)c(N=Nc2c(SOOO)cc3cc(S(=O)(=O)O)c(N=Nc4ccc([N+](=O)[O-])cc4)c(O)c3c2O)c1. The lowest BCUT2D eigenvalue weighted by Gasteiger charge is -2.13. The number of nitrogen functional groups attached to an aromatic ring is 1. The molecule has 0 aliphatic heterocycles. The summed E-state index contributed by atoms with van der Waals surface area (Å²) >= 11 is 0.196. The lowest BCUT2D eigenvalue weighted by atomic mass is 10.1. The second-order valence-electron chi connectivity index (χ2n) is 8.32. The van der Waals surface area contributed by atoms with Gasteiger partial charge in [-0.3, -0.25) is 19.2 Å². The zero-order valence-corrected chi connectivity index (χ0v) is 23.7. The van der Waals surface area contributed by atoms with E-state index in [2.05, 4.69) is 29.8 Å². The van der Waals surface area contributed by atoms with Crippen molar-refractivity contribution in [2.24, 2.45) is 20.5 Å². The number of hydrogen-bond acceptors (Lipinski definition) is 17. The molecule has 0 spiro atoms. The third-order valence-electron chi connectivity index (χ3n) is 5.53. The van der Waals surface area contributed by atoms with Crippen LogP contribution in [0.1, 0.15) is 0 Å². The second kappa shape index (κ2) is 12.4. The summed E-state index contributed by atoms with van der Waals surface area (Å²) < 4.78 is 71.7. The molecular formula is C22H16N6O13S3. The van der Waals surface area contributed by atoms with Crippen LogP contribution in [0.2, 0.25) is 0 Å². The minimum atomic E-state index is -5.11. The fourth-order valence-corrected chi connectivity index (χ4v) is 5.41. The predicted octanol–water partition coefficient (Wildman–Crippen LogP) is 5.49. The van der Waals surface area contributed by atoms with E-state index < -0.39 is 68.9 Å². The number of nitrogens with two attached hydrogens (primary N) is 1. The summed E-state index contributed by atoms with van der Waals surface area (Å²) in [5.74, 6) is -1.98. The van der Waals surface area contributed by atoms with E-state index in [4.69, 9.17) is 11.0 Å². The first kappa shape index (κ1) is 32.1. The first-order valence-corrected chi connectivity index (χ1v) is 14.9. The van der Waals surface area contributed by atoms with Gasteiger partial charge in [-0.15, -0.1) is 19.7 Å². The lowest BCUT2D eigenvalue weighted by molar-refractivity contribution is -0.432. The number of benzene rings is 4. The molecule has 0 amide bonds. The van der Waals surface area contributed by atoms with Gasteiger partial charge in [0.15, 0.2) is 11.5 Å². The molecule has 0 saturated heterocycles. The quantitative estimate of drug-likeness (QED) is 0.0231. The number of nitrogens with zero attached hydrogens (tertiary/aromatic N) is 5. The summed E-state index contributed by atoms with van der Waals surface area (Å²) in [5.41, 5.74) is 3.45. The van der Waals surface area contributed by atoms with Crippen LogP contribution in [0.25, 0.3) is 10.8 Å². The van der Waals surface area contributed by atoms with Gasteiger partial charge in [-0.1, -0.05) is 5.04 Å². The van der Waals surface area contributed by atoms with E-state index in [1.165, 1.54) is 0 Å². The average Bonchev–Trinajstić information content (AvgIpc) is 2.93. The maximum absolute atomic E-state index is 12.2. The number of anilines is 1. The number of phenolic OH excluding ortho intramolecular Hbond substituents is 2. The van der Waals surface area contributed by atoms with Crippen LogP contribution in [0.3, 0.4) is 0 Å². The van der Waals surface area contributed by atoms with Gasteiger partial charge in [0.2, 0.25) is 0 Å². The molecule has 4 aromatic carbocycles. The van der Waals surface area contributed by atoms with Crippen molar-refractivity contribution in [3.05, 3.63) is 64.7 Å². The Kier molecular flexibility index (Phi) is 9.07. The van der Waals surface area contributed by atoms with Crippen LogP contribution in [0.15, 0.2) is 89.7 Å². The first-order chi connectivity index (χ1) is 20.6. The van der Waals surface area contributed by atoms with E-state index in [0.29, 0.717) is 0 Å². The molecule has 0 saturated carbocycles. The average molecular weight is 669 g/mol. The molecule has 7 N–H and O–H groups in total. The van der Waals surface area contributed by atoms with Gasteiger partial charge in [0.1, 0.15) is 26.9 Å².